The summed E-state index contributed by atoms with van der Waals surface area (Å²) < 4.78 is 9.54. The standard InChI is InChI=1S/C54H29N5S/c1-3-15-32-30(13-1)26-28-44-46(32)36-18-6-11-23-43(36)58(44)53-52-48(38-20-8-12-24-45(38)60-52)55-54(56-53)59-49-33-16-4-2-14-31(33)25-27-35(49)40-29-39-34-17-5-9-21-41(34)57-42-22-10-7-19-37(42)47(50(39)57)51(40)59/h1-29H. The molecule has 15 rings (SSSR count). The van der Waals surface area contributed by atoms with Gasteiger partial charge in [-0.25, -0.2) is 4.98 Å². The number of aromatic nitrogens is 5. The van der Waals surface area contributed by atoms with E-state index in [1.807, 2.05) is 0 Å². The molecule has 6 heteroatoms. The van der Waals surface area contributed by atoms with Gasteiger partial charge in [0.2, 0.25) is 5.95 Å². The summed E-state index contributed by atoms with van der Waals surface area (Å²) in [5.74, 6) is 1.55. The van der Waals surface area contributed by atoms with Crippen molar-refractivity contribution in [3.63, 3.8) is 0 Å². The van der Waals surface area contributed by atoms with Crippen LogP contribution < -0.4 is 0 Å². The van der Waals surface area contributed by atoms with Crippen molar-refractivity contribution in [3.8, 4) is 11.8 Å². The maximum absolute atomic E-state index is 5.86. The second kappa shape index (κ2) is 11.0. The van der Waals surface area contributed by atoms with Crippen LogP contribution in [0.15, 0.2) is 176 Å². The zero-order chi connectivity index (χ0) is 38.8. The summed E-state index contributed by atoms with van der Waals surface area (Å²) in [4.78, 5) is 11.6. The maximum atomic E-state index is 5.86. The number of nitrogens with zero attached hydrogens (tertiary/aromatic N) is 5. The first-order chi connectivity index (χ1) is 29.8. The molecule has 0 aliphatic rings. The molecule has 276 valence electrons. The molecule has 0 aliphatic carbocycles. The molecular weight excluding hydrogens is 751 g/mol. The molecule has 0 amide bonds. The molecule has 0 fully saturated rings. The van der Waals surface area contributed by atoms with Crippen LogP contribution >= 0.6 is 11.3 Å². The van der Waals surface area contributed by atoms with E-state index in [4.69, 9.17) is 9.97 Å². The Bertz CT molecular complexity index is 4370. The van der Waals surface area contributed by atoms with Gasteiger partial charge in [0, 0.05) is 58.6 Å². The largest absolute Gasteiger partial charge is 0.308 e. The highest BCUT2D eigenvalue weighted by molar-refractivity contribution is 7.26. The topological polar surface area (TPSA) is 40.0 Å². The number of fused-ring (bicyclic) bond motifs is 20. The minimum absolute atomic E-state index is 0.659. The highest BCUT2D eigenvalue weighted by atomic mass is 32.1. The Hall–Kier alpha value is -7.80. The summed E-state index contributed by atoms with van der Waals surface area (Å²) in [6.07, 6.45) is 0. The SMILES string of the molecule is c1ccc2c(c1)ccc1c2c2ccccc2n1-c1nc(-n2c3c4ccccc4ccc3c3cc4c5ccccc5n5c6ccccc6c(c32)c45)nc2c1sc1ccccc12. The first kappa shape index (κ1) is 31.2. The fraction of sp³-hybridized carbons (Fsp3) is 0. The molecule has 0 N–H and O–H groups in total. The van der Waals surface area contributed by atoms with E-state index in [-0.39, 0.29) is 0 Å². The van der Waals surface area contributed by atoms with Gasteiger partial charge in [-0.15, -0.1) is 11.3 Å². The van der Waals surface area contributed by atoms with Crippen LogP contribution in [0.3, 0.4) is 0 Å². The first-order valence-electron chi connectivity index (χ1n) is 20.4. The van der Waals surface area contributed by atoms with Crippen molar-refractivity contribution in [2.24, 2.45) is 0 Å². The molecule has 0 atom stereocenters. The average Bonchev–Trinajstić information content (AvgIpc) is 4.10. The van der Waals surface area contributed by atoms with Crippen LogP contribution in [0, 0.1) is 0 Å². The van der Waals surface area contributed by atoms with Crippen molar-refractivity contribution in [2.75, 3.05) is 0 Å². The zero-order valence-corrected chi connectivity index (χ0v) is 32.7. The lowest BCUT2D eigenvalue weighted by Crippen LogP contribution is -2.07. The molecule has 0 saturated heterocycles. The van der Waals surface area contributed by atoms with Gasteiger partial charge in [-0.1, -0.05) is 140 Å². The molecular formula is C54H29N5S. The molecule has 6 heterocycles. The molecule has 60 heavy (non-hydrogen) atoms. The van der Waals surface area contributed by atoms with E-state index in [1.54, 1.807) is 11.3 Å². The normalized spacial score (nSPS) is 12.7. The van der Waals surface area contributed by atoms with Crippen LogP contribution in [-0.2, 0) is 0 Å². The Morgan fingerprint density at radius 1 is 0.367 bits per heavy atom. The summed E-state index contributed by atoms with van der Waals surface area (Å²) >= 11 is 1.78. The van der Waals surface area contributed by atoms with Gasteiger partial charge >= 0.3 is 0 Å². The quantitative estimate of drug-likeness (QED) is 0.175. The molecule has 0 aliphatic heterocycles. The van der Waals surface area contributed by atoms with Gasteiger partial charge < -0.3 is 4.40 Å². The summed E-state index contributed by atoms with van der Waals surface area (Å²) in [6.45, 7) is 0. The van der Waals surface area contributed by atoms with Gasteiger partial charge in [0.1, 0.15) is 0 Å². The van der Waals surface area contributed by atoms with Crippen molar-refractivity contribution < 1.29 is 0 Å². The van der Waals surface area contributed by atoms with Gasteiger partial charge in [-0.05, 0) is 52.6 Å². The van der Waals surface area contributed by atoms with E-state index in [1.165, 1.54) is 85.9 Å². The molecule has 0 unspecified atom stereocenters. The lowest BCUT2D eigenvalue weighted by molar-refractivity contribution is 0.980. The summed E-state index contributed by atoms with van der Waals surface area (Å²) in [5, 5.41) is 15.7. The van der Waals surface area contributed by atoms with Gasteiger partial charge in [0.15, 0.2) is 5.82 Å². The first-order valence-corrected chi connectivity index (χ1v) is 21.2. The molecule has 0 saturated carbocycles. The highest BCUT2D eigenvalue weighted by Crippen LogP contribution is 2.48. The van der Waals surface area contributed by atoms with Gasteiger partial charge in [0.05, 0.1) is 48.8 Å². The predicted molar refractivity (Wildman–Crippen MR) is 253 cm³/mol. The molecule has 0 bridgehead atoms. The number of rotatable bonds is 2. The average molecular weight is 780 g/mol. The smallest absolute Gasteiger partial charge is 0.237 e. The third kappa shape index (κ3) is 3.74. The highest BCUT2D eigenvalue weighted by Gasteiger charge is 2.28. The molecule has 15 aromatic rings. The zero-order valence-electron chi connectivity index (χ0n) is 31.9. The minimum Gasteiger partial charge on any atom is -0.308 e. The summed E-state index contributed by atoms with van der Waals surface area (Å²) in [7, 11) is 0. The number of para-hydroxylation sites is 3. The number of hydrogen-bond acceptors (Lipinski definition) is 3. The van der Waals surface area contributed by atoms with E-state index >= 15 is 0 Å². The Morgan fingerprint density at radius 3 is 1.78 bits per heavy atom. The van der Waals surface area contributed by atoms with Crippen LogP contribution in [0.2, 0.25) is 0 Å². The van der Waals surface area contributed by atoms with Crippen LogP contribution in [0.25, 0.3) is 135 Å². The second-order valence-corrected chi connectivity index (χ2v) is 17.1. The lowest BCUT2D eigenvalue weighted by atomic mass is 10.0. The van der Waals surface area contributed by atoms with E-state index in [0.29, 0.717) is 5.95 Å². The van der Waals surface area contributed by atoms with E-state index in [2.05, 4.69) is 189 Å². The van der Waals surface area contributed by atoms with Gasteiger partial charge in [0.25, 0.3) is 0 Å². The second-order valence-electron chi connectivity index (χ2n) is 16.1. The number of hydrogen-bond donors (Lipinski definition) is 0. The maximum Gasteiger partial charge on any atom is 0.237 e. The fourth-order valence-corrected chi connectivity index (χ4v) is 11.9. The monoisotopic (exact) mass is 779 g/mol. The lowest BCUT2D eigenvalue weighted by Gasteiger charge is -2.14. The van der Waals surface area contributed by atoms with Crippen molar-refractivity contribution in [2.45, 2.75) is 0 Å². The molecule has 9 aromatic carbocycles. The number of thiophene rings is 1. The third-order valence-electron chi connectivity index (χ3n) is 13.1. The fourth-order valence-electron chi connectivity index (χ4n) is 10.7. The van der Waals surface area contributed by atoms with Crippen LogP contribution in [-0.4, -0.2) is 23.5 Å². The van der Waals surface area contributed by atoms with E-state index < -0.39 is 0 Å². The van der Waals surface area contributed by atoms with E-state index in [9.17, 15) is 0 Å². The van der Waals surface area contributed by atoms with Gasteiger partial charge in [-0.3, -0.25) is 9.13 Å². The van der Waals surface area contributed by atoms with Crippen LogP contribution in [0.4, 0.5) is 0 Å². The predicted octanol–water partition coefficient (Wildman–Crippen LogP) is 14.5. The van der Waals surface area contributed by atoms with Crippen molar-refractivity contribution in [1.82, 2.24) is 23.5 Å². The molecule has 5 nitrogen and oxygen atoms in total. The van der Waals surface area contributed by atoms with E-state index in [0.717, 1.165) is 43.5 Å². The Morgan fingerprint density at radius 2 is 0.967 bits per heavy atom. The van der Waals surface area contributed by atoms with Crippen LogP contribution in [0.5, 0.6) is 0 Å². The summed E-state index contributed by atoms with van der Waals surface area (Å²) in [6, 6.07) is 64.2. The minimum atomic E-state index is 0.659. The van der Waals surface area contributed by atoms with Crippen LogP contribution in [0.1, 0.15) is 0 Å². The Labute approximate surface area is 344 Å². The van der Waals surface area contributed by atoms with Crippen molar-refractivity contribution >= 4 is 135 Å². The molecule has 6 aromatic heterocycles. The molecule has 0 spiro atoms. The van der Waals surface area contributed by atoms with Crippen molar-refractivity contribution in [1.29, 1.82) is 0 Å². The van der Waals surface area contributed by atoms with Gasteiger partial charge in [-0.2, -0.15) is 4.98 Å². The Kier molecular flexibility index (Phi) is 5.74. The molecule has 0 radical (unpaired) electrons. The summed E-state index contributed by atoms with van der Waals surface area (Å²) in [5.41, 5.74) is 9.11. The Balaban J connectivity index is 1.20. The van der Waals surface area contributed by atoms with Crippen molar-refractivity contribution in [3.05, 3.63) is 176 Å². The number of benzene rings is 9. The third-order valence-corrected chi connectivity index (χ3v) is 14.3.